The summed E-state index contributed by atoms with van der Waals surface area (Å²) in [5.41, 5.74) is 4.76. The molecule has 1 atom stereocenters. The number of aryl methyl sites for hydroxylation is 1. The molecular weight excluding hydrogens is 634 g/mol. The van der Waals surface area contributed by atoms with E-state index in [0.717, 1.165) is 58.6 Å². The topological polar surface area (TPSA) is 152 Å². The van der Waals surface area contributed by atoms with Crippen LogP contribution in [-0.2, 0) is 18.8 Å². The minimum atomic E-state index is -0.678. The van der Waals surface area contributed by atoms with E-state index in [0.29, 0.717) is 27.9 Å². The molecule has 1 fully saturated rings. The maximum Gasteiger partial charge on any atom is 0.330 e. The van der Waals surface area contributed by atoms with Crippen LogP contribution < -0.4 is 16.6 Å². The number of carbonyl (C=O) groups excluding carboxylic acids is 1. The number of likely N-dealkylation sites (tertiary alicyclic amines) is 1. The molecule has 1 saturated heterocycles. The summed E-state index contributed by atoms with van der Waals surface area (Å²) < 4.78 is 7.97. The average Bonchev–Trinajstić information content (AvgIpc) is 3.71. The molecular formula is C34H36ClN9O4. The lowest BCUT2D eigenvalue weighted by Crippen LogP contribution is -2.51. The zero-order chi connectivity index (χ0) is 34.3. The molecule has 4 aromatic rings. The van der Waals surface area contributed by atoms with Crippen LogP contribution in [-0.4, -0.2) is 72.7 Å². The first kappa shape index (κ1) is 32.8. The second-order valence-corrected chi connectivity index (χ2v) is 12.5. The van der Waals surface area contributed by atoms with Gasteiger partial charge in [-0.3, -0.25) is 19.1 Å². The van der Waals surface area contributed by atoms with Crippen LogP contribution in [0, 0.1) is 6.92 Å². The number of aromatic amines is 1. The Labute approximate surface area is 281 Å². The zero-order valence-electron chi connectivity index (χ0n) is 27.4. The van der Waals surface area contributed by atoms with E-state index in [1.165, 1.54) is 30.4 Å². The van der Waals surface area contributed by atoms with Crippen LogP contribution in [0.3, 0.4) is 0 Å². The van der Waals surface area contributed by atoms with E-state index < -0.39 is 17.2 Å². The number of anilines is 1. The minimum Gasteiger partial charge on any atom is -0.481 e. The number of rotatable bonds is 8. The van der Waals surface area contributed by atoms with Crippen molar-refractivity contribution >= 4 is 34.8 Å². The average molecular weight is 670 g/mol. The largest absolute Gasteiger partial charge is 0.481 e. The summed E-state index contributed by atoms with van der Waals surface area (Å²) in [5.74, 6) is 0.947. The smallest absolute Gasteiger partial charge is 0.330 e. The number of hydrogen-bond donors (Lipinski definition) is 2. The number of allylic oxidation sites excluding steroid dienone is 1. The number of benzene rings is 2. The van der Waals surface area contributed by atoms with Gasteiger partial charge in [0.25, 0.3) is 11.5 Å². The highest BCUT2D eigenvalue weighted by molar-refractivity contribution is 6.35. The van der Waals surface area contributed by atoms with E-state index in [1.54, 1.807) is 19.2 Å². The molecule has 1 aliphatic heterocycles. The Morgan fingerprint density at radius 2 is 1.83 bits per heavy atom. The van der Waals surface area contributed by atoms with Gasteiger partial charge in [-0.15, -0.1) is 5.10 Å². The quantitative estimate of drug-likeness (QED) is 0.210. The summed E-state index contributed by atoms with van der Waals surface area (Å²) in [6.07, 6.45) is 3.15. The molecule has 0 unspecified atom stereocenters. The van der Waals surface area contributed by atoms with Gasteiger partial charge in [-0.05, 0) is 54.3 Å². The molecule has 2 aromatic carbocycles. The van der Waals surface area contributed by atoms with Crippen LogP contribution >= 0.6 is 11.6 Å². The Morgan fingerprint density at radius 1 is 1.10 bits per heavy atom. The number of amides is 1. The molecule has 13 nitrogen and oxygen atoms in total. The van der Waals surface area contributed by atoms with Crippen molar-refractivity contribution in [3.63, 3.8) is 0 Å². The van der Waals surface area contributed by atoms with Gasteiger partial charge in [0.15, 0.2) is 5.82 Å². The normalized spacial score (nSPS) is 17.0. The van der Waals surface area contributed by atoms with Crippen molar-refractivity contribution in [1.29, 1.82) is 0 Å². The van der Waals surface area contributed by atoms with Crippen LogP contribution in [0.25, 0.3) is 16.8 Å². The van der Waals surface area contributed by atoms with E-state index in [4.69, 9.17) is 21.3 Å². The Balaban J connectivity index is 1.25. The summed E-state index contributed by atoms with van der Waals surface area (Å²) in [6, 6.07) is 11.2. The number of hydrogen-bond acceptors (Lipinski definition) is 9. The summed E-state index contributed by atoms with van der Waals surface area (Å²) >= 11 is 7.05. The number of carbonyl (C=O) groups is 1. The van der Waals surface area contributed by atoms with Gasteiger partial charge < -0.3 is 14.6 Å². The third-order valence-corrected chi connectivity index (χ3v) is 9.63. The third-order valence-electron chi connectivity index (χ3n) is 9.22. The van der Waals surface area contributed by atoms with Crippen molar-refractivity contribution in [2.45, 2.75) is 38.6 Å². The van der Waals surface area contributed by atoms with Gasteiger partial charge >= 0.3 is 5.69 Å². The number of ether oxygens (including phenoxy) is 1. The number of H-pyrrole nitrogens is 1. The number of halogens is 1. The van der Waals surface area contributed by atoms with Gasteiger partial charge in [-0.2, -0.15) is 0 Å². The summed E-state index contributed by atoms with van der Waals surface area (Å²) in [4.78, 5) is 45.2. The van der Waals surface area contributed by atoms with E-state index >= 15 is 0 Å². The third kappa shape index (κ3) is 5.90. The number of tetrazole rings is 1. The molecule has 0 radical (unpaired) electrons. The fourth-order valence-corrected chi connectivity index (χ4v) is 6.80. The van der Waals surface area contributed by atoms with Gasteiger partial charge in [0, 0.05) is 67.7 Å². The number of nitrogens with one attached hydrogen (secondary N) is 2. The predicted octanol–water partition coefficient (Wildman–Crippen LogP) is 4.07. The molecule has 1 amide bonds. The number of nitrogens with zero attached hydrogens (tertiary/aromatic N) is 7. The first-order valence-corrected chi connectivity index (χ1v) is 15.8. The van der Waals surface area contributed by atoms with Gasteiger partial charge in [0.05, 0.1) is 17.8 Å². The van der Waals surface area contributed by atoms with Crippen molar-refractivity contribution in [1.82, 2.24) is 34.7 Å². The van der Waals surface area contributed by atoms with E-state index in [1.807, 2.05) is 31.2 Å². The molecule has 2 aliphatic rings. The Bertz CT molecular complexity index is 2110. The second kappa shape index (κ2) is 13.2. The van der Waals surface area contributed by atoms with E-state index in [2.05, 4.69) is 44.3 Å². The molecule has 14 heteroatoms. The molecule has 48 heavy (non-hydrogen) atoms. The first-order valence-electron chi connectivity index (χ1n) is 15.5. The minimum absolute atomic E-state index is 0.150. The summed E-state index contributed by atoms with van der Waals surface area (Å²) in [6.45, 7) is 9.92. The van der Waals surface area contributed by atoms with Crippen molar-refractivity contribution < 1.29 is 9.53 Å². The Morgan fingerprint density at radius 3 is 2.54 bits per heavy atom. The summed E-state index contributed by atoms with van der Waals surface area (Å²) in [5, 5.41) is 17.6. The van der Waals surface area contributed by atoms with Crippen LogP contribution in [0.2, 0.25) is 5.02 Å². The molecule has 6 rings (SSSR count). The molecule has 2 N–H and O–H groups in total. The van der Waals surface area contributed by atoms with E-state index in [-0.39, 0.29) is 17.5 Å². The molecule has 3 heterocycles. The predicted molar refractivity (Wildman–Crippen MR) is 184 cm³/mol. The van der Waals surface area contributed by atoms with Gasteiger partial charge in [-0.1, -0.05) is 54.1 Å². The maximum atomic E-state index is 13.2. The lowest BCUT2D eigenvalue weighted by atomic mass is 9.94. The monoisotopic (exact) mass is 669 g/mol. The first-order chi connectivity index (χ1) is 23.0. The van der Waals surface area contributed by atoms with Crippen LogP contribution in [0.1, 0.15) is 53.0 Å². The van der Waals surface area contributed by atoms with Crippen molar-refractivity contribution in [2.24, 2.45) is 19.1 Å². The van der Waals surface area contributed by atoms with Gasteiger partial charge in [0.2, 0.25) is 5.90 Å². The lowest BCUT2D eigenvalue weighted by Gasteiger charge is -2.42. The Kier molecular flexibility index (Phi) is 8.99. The molecule has 0 spiro atoms. The van der Waals surface area contributed by atoms with Crippen LogP contribution in [0.4, 0.5) is 5.69 Å². The van der Waals surface area contributed by atoms with Crippen molar-refractivity contribution in [2.75, 3.05) is 25.5 Å². The number of aliphatic imine (C=N–C) groups is 1. The highest BCUT2D eigenvalue weighted by Gasteiger charge is 2.40. The zero-order valence-corrected chi connectivity index (χ0v) is 28.1. The Hall–Kier alpha value is -5.14. The van der Waals surface area contributed by atoms with Gasteiger partial charge in [-0.25, -0.2) is 14.9 Å². The van der Waals surface area contributed by atoms with Crippen LogP contribution in [0.15, 0.2) is 74.9 Å². The maximum absolute atomic E-state index is 13.2. The number of methoxy groups -OCH3 is 1. The molecule has 0 bridgehead atoms. The fraction of sp³-hybridized carbons (Fsp3) is 0.324. The SMILES string of the molecule is C=C(/N=C(/OC)C1=C(C)CC[C@@H]1N1CC(c2nnn[nH]2)C1)c1cccc(-c2cccc(NC(=O)c3cn(C)c(=O)n(C)c3=O)c2C)c1Cl. The molecule has 0 saturated carbocycles. The van der Waals surface area contributed by atoms with E-state index in [9.17, 15) is 14.4 Å². The fourth-order valence-electron chi connectivity index (χ4n) is 6.46. The van der Waals surface area contributed by atoms with Gasteiger partial charge in [0.1, 0.15) is 5.56 Å². The highest BCUT2D eigenvalue weighted by atomic mass is 35.5. The molecule has 1 aliphatic carbocycles. The lowest BCUT2D eigenvalue weighted by molar-refractivity contribution is 0.102. The van der Waals surface area contributed by atoms with Crippen molar-refractivity contribution in [3.05, 3.63) is 109 Å². The van der Waals surface area contributed by atoms with Crippen LogP contribution in [0.5, 0.6) is 0 Å². The molecule has 248 valence electrons. The second-order valence-electron chi connectivity index (χ2n) is 12.2. The standard InChI is InChI=1S/C34H36ClN9O4/c1-18-13-14-27(44-15-21(16-44)30-38-40-41-39-30)28(18)32(48-6)36-20(3)23-10-7-11-24(29(23)35)22-9-8-12-26(19(22)2)37-31(45)25-17-42(4)34(47)43(5)33(25)46/h7-12,17,21,27H,3,13-16H2,1-2,4-6H3,(H,37,45)(H,38,39,40,41)/b36-32+/t27-/m0/s1. The number of aromatic nitrogens is 6. The highest BCUT2D eigenvalue weighted by Crippen LogP contribution is 2.40. The summed E-state index contributed by atoms with van der Waals surface area (Å²) in [7, 11) is 4.44. The molecule has 2 aromatic heterocycles. The van der Waals surface area contributed by atoms with Crippen molar-refractivity contribution in [3.8, 4) is 11.1 Å².